The van der Waals surface area contributed by atoms with Gasteiger partial charge in [-0.15, -0.1) is 6.42 Å². The van der Waals surface area contributed by atoms with Gasteiger partial charge in [-0.2, -0.15) is 0 Å². The molecular formula is C11H16FNO2. The van der Waals surface area contributed by atoms with Gasteiger partial charge in [0.05, 0.1) is 12.6 Å². The molecule has 0 bridgehead atoms. The lowest BCUT2D eigenvalue weighted by molar-refractivity contribution is 0.0251. The Bertz CT molecular complexity index is 290. The predicted molar refractivity (Wildman–Crippen MR) is 55.1 cm³/mol. The van der Waals surface area contributed by atoms with Gasteiger partial charge in [-0.1, -0.05) is 5.92 Å². The van der Waals surface area contributed by atoms with E-state index in [0.717, 1.165) is 0 Å². The van der Waals surface area contributed by atoms with E-state index in [-0.39, 0.29) is 13.0 Å². The molecule has 0 saturated carbocycles. The summed E-state index contributed by atoms with van der Waals surface area (Å²) in [5.41, 5.74) is -0.579. The monoisotopic (exact) mass is 213 g/mol. The molecule has 0 aromatic carbocycles. The first-order chi connectivity index (χ1) is 6.83. The highest BCUT2D eigenvalue weighted by molar-refractivity contribution is 5.69. The van der Waals surface area contributed by atoms with Crippen molar-refractivity contribution < 1.29 is 13.9 Å². The van der Waals surface area contributed by atoms with E-state index in [2.05, 4.69) is 5.92 Å². The van der Waals surface area contributed by atoms with Gasteiger partial charge >= 0.3 is 6.09 Å². The third kappa shape index (κ3) is 3.12. The highest BCUT2D eigenvalue weighted by atomic mass is 19.1. The minimum atomic E-state index is -1.04. The van der Waals surface area contributed by atoms with Gasteiger partial charge in [0.25, 0.3) is 0 Å². The maximum Gasteiger partial charge on any atom is 0.411 e. The highest BCUT2D eigenvalue weighted by Gasteiger charge is 2.36. The SMILES string of the molecule is C#C[C@H]1C[C@H](F)CN1C(=O)OC(C)(C)C. The van der Waals surface area contributed by atoms with E-state index in [0.29, 0.717) is 0 Å². The number of terminal acetylenes is 1. The third-order valence-electron chi connectivity index (χ3n) is 2.07. The average molecular weight is 213 g/mol. The fraction of sp³-hybridized carbons (Fsp3) is 0.727. The number of hydrogen-bond acceptors (Lipinski definition) is 2. The molecule has 1 rings (SSSR count). The molecule has 84 valence electrons. The van der Waals surface area contributed by atoms with Crippen LogP contribution in [-0.4, -0.2) is 35.4 Å². The summed E-state index contributed by atoms with van der Waals surface area (Å²) < 4.78 is 18.2. The van der Waals surface area contributed by atoms with Crippen molar-refractivity contribution in [3.63, 3.8) is 0 Å². The zero-order valence-electron chi connectivity index (χ0n) is 9.29. The van der Waals surface area contributed by atoms with E-state index >= 15 is 0 Å². The van der Waals surface area contributed by atoms with E-state index in [1.54, 1.807) is 20.8 Å². The lowest BCUT2D eigenvalue weighted by atomic mass is 10.2. The maximum atomic E-state index is 13.1. The summed E-state index contributed by atoms with van der Waals surface area (Å²) in [7, 11) is 0. The second-order valence-electron chi connectivity index (χ2n) is 4.65. The standard InChI is InChI=1S/C11H16FNO2/c1-5-9-6-8(12)7-13(9)10(14)15-11(2,3)4/h1,8-9H,6-7H2,2-4H3/t8-,9-/m0/s1. The van der Waals surface area contributed by atoms with Crippen molar-refractivity contribution in [1.82, 2.24) is 4.90 Å². The molecular weight excluding hydrogens is 197 g/mol. The summed E-state index contributed by atoms with van der Waals surface area (Å²) in [6.07, 6.45) is 3.85. The highest BCUT2D eigenvalue weighted by Crippen LogP contribution is 2.22. The minimum absolute atomic E-state index is 0.0315. The number of halogens is 1. The molecule has 0 spiro atoms. The molecule has 1 saturated heterocycles. The Morgan fingerprint density at radius 2 is 2.20 bits per heavy atom. The van der Waals surface area contributed by atoms with Crippen LogP contribution in [0.4, 0.5) is 9.18 Å². The summed E-state index contributed by atoms with van der Waals surface area (Å²) in [4.78, 5) is 12.9. The van der Waals surface area contributed by atoms with Gasteiger partial charge in [-0.3, -0.25) is 4.90 Å². The Labute approximate surface area is 89.6 Å². The third-order valence-corrected chi connectivity index (χ3v) is 2.07. The van der Waals surface area contributed by atoms with Crippen LogP contribution in [0.2, 0.25) is 0 Å². The van der Waals surface area contributed by atoms with Crippen molar-refractivity contribution in [2.45, 2.75) is 45.0 Å². The van der Waals surface area contributed by atoms with Gasteiger partial charge in [-0.05, 0) is 20.8 Å². The Hall–Kier alpha value is -1.24. The van der Waals surface area contributed by atoms with Crippen LogP contribution in [0.25, 0.3) is 0 Å². The summed E-state index contributed by atoms with van der Waals surface area (Å²) >= 11 is 0. The molecule has 1 fully saturated rings. The molecule has 0 aromatic heterocycles. The Balaban J connectivity index is 2.64. The summed E-state index contributed by atoms with van der Waals surface area (Å²) in [6, 6.07) is -0.477. The number of ether oxygens (including phenoxy) is 1. The lowest BCUT2D eigenvalue weighted by Crippen LogP contribution is -2.39. The number of likely N-dealkylation sites (tertiary alicyclic amines) is 1. The van der Waals surface area contributed by atoms with Crippen molar-refractivity contribution in [2.75, 3.05) is 6.54 Å². The fourth-order valence-electron chi connectivity index (χ4n) is 1.47. The van der Waals surface area contributed by atoms with Gasteiger partial charge in [0.15, 0.2) is 0 Å². The van der Waals surface area contributed by atoms with Crippen molar-refractivity contribution in [3.8, 4) is 12.3 Å². The molecule has 1 aliphatic rings. The Kier molecular flexibility index (Phi) is 3.23. The van der Waals surface area contributed by atoms with Gasteiger partial charge in [0, 0.05) is 6.42 Å². The molecule has 0 N–H and O–H groups in total. The van der Waals surface area contributed by atoms with E-state index in [1.807, 2.05) is 0 Å². The van der Waals surface area contributed by atoms with Gasteiger partial charge in [-0.25, -0.2) is 9.18 Å². The van der Waals surface area contributed by atoms with Crippen LogP contribution in [0.5, 0.6) is 0 Å². The molecule has 1 heterocycles. The normalized spacial score (nSPS) is 26.2. The van der Waals surface area contributed by atoms with E-state index in [1.165, 1.54) is 4.90 Å². The number of nitrogens with zero attached hydrogens (tertiary/aromatic N) is 1. The smallest absolute Gasteiger partial charge is 0.411 e. The van der Waals surface area contributed by atoms with Gasteiger partial charge in [0.1, 0.15) is 11.8 Å². The molecule has 0 radical (unpaired) electrons. The van der Waals surface area contributed by atoms with Crippen LogP contribution in [-0.2, 0) is 4.74 Å². The van der Waals surface area contributed by atoms with Crippen molar-refractivity contribution >= 4 is 6.09 Å². The number of amides is 1. The second kappa shape index (κ2) is 4.09. The van der Waals surface area contributed by atoms with Crippen LogP contribution >= 0.6 is 0 Å². The van der Waals surface area contributed by atoms with Gasteiger partial charge < -0.3 is 4.74 Å². The number of hydrogen-bond donors (Lipinski definition) is 0. The molecule has 0 unspecified atom stereocenters. The summed E-state index contributed by atoms with van der Waals surface area (Å²) in [5, 5.41) is 0. The first kappa shape index (κ1) is 11.8. The first-order valence-electron chi connectivity index (χ1n) is 4.93. The molecule has 2 atom stereocenters. The summed E-state index contributed by atoms with van der Waals surface area (Å²) in [5.74, 6) is 2.40. The van der Waals surface area contributed by atoms with Crippen molar-refractivity contribution in [3.05, 3.63) is 0 Å². The van der Waals surface area contributed by atoms with E-state index in [9.17, 15) is 9.18 Å². The molecule has 3 nitrogen and oxygen atoms in total. The van der Waals surface area contributed by atoms with Crippen LogP contribution in [0.3, 0.4) is 0 Å². The number of alkyl halides is 1. The Morgan fingerprint density at radius 3 is 2.67 bits per heavy atom. The van der Waals surface area contributed by atoms with Crippen LogP contribution in [0, 0.1) is 12.3 Å². The van der Waals surface area contributed by atoms with Crippen molar-refractivity contribution in [1.29, 1.82) is 0 Å². The quantitative estimate of drug-likeness (QED) is 0.576. The largest absolute Gasteiger partial charge is 0.444 e. The Morgan fingerprint density at radius 1 is 1.60 bits per heavy atom. The van der Waals surface area contributed by atoms with Crippen LogP contribution < -0.4 is 0 Å². The van der Waals surface area contributed by atoms with E-state index < -0.39 is 23.9 Å². The second-order valence-corrected chi connectivity index (χ2v) is 4.65. The molecule has 0 aromatic rings. The fourth-order valence-corrected chi connectivity index (χ4v) is 1.47. The van der Waals surface area contributed by atoms with Gasteiger partial charge in [0.2, 0.25) is 0 Å². The topological polar surface area (TPSA) is 29.5 Å². The predicted octanol–water partition coefficient (Wildman–Crippen LogP) is 1.97. The van der Waals surface area contributed by atoms with Crippen LogP contribution in [0.1, 0.15) is 27.2 Å². The maximum absolute atomic E-state index is 13.1. The molecule has 1 aliphatic heterocycles. The number of rotatable bonds is 0. The molecule has 0 aliphatic carbocycles. The first-order valence-corrected chi connectivity index (χ1v) is 4.93. The van der Waals surface area contributed by atoms with Crippen LogP contribution in [0.15, 0.2) is 0 Å². The molecule has 1 amide bonds. The van der Waals surface area contributed by atoms with Crippen molar-refractivity contribution in [2.24, 2.45) is 0 Å². The lowest BCUT2D eigenvalue weighted by Gasteiger charge is -2.26. The zero-order valence-corrected chi connectivity index (χ0v) is 9.29. The number of carbonyl (C=O) groups is 1. The molecule has 15 heavy (non-hydrogen) atoms. The molecule has 4 heteroatoms. The summed E-state index contributed by atoms with van der Waals surface area (Å²) in [6.45, 7) is 5.32. The van der Waals surface area contributed by atoms with E-state index in [4.69, 9.17) is 11.2 Å². The average Bonchev–Trinajstić information content (AvgIpc) is 2.43. The zero-order chi connectivity index (χ0) is 11.6. The number of carbonyl (C=O) groups excluding carboxylic acids is 1. The minimum Gasteiger partial charge on any atom is -0.444 e.